The van der Waals surface area contributed by atoms with Crippen LogP contribution >= 0.6 is 15.9 Å². The van der Waals surface area contributed by atoms with Crippen molar-refractivity contribution < 1.29 is 18.0 Å². The summed E-state index contributed by atoms with van der Waals surface area (Å²) in [5.74, 6) is -1.20. The van der Waals surface area contributed by atoms with Gasteiger partial charge in [0.1, 0.15) is 0 Å². The summed E-state index contributed by atoms with van der Waals surface area (Å²) in [6.45, 7) is -0.0172. The van der Waals surface area contributed by atoms with Gasteiger partial charge in [0, 0.05) is 34.7 Å². The molecule has 0 spiro atoms. The van der Waals surface area contributed by atoms with Crippen molar-refractivity contribution in [1.82, 2.24) is 25.1 Å². The molecule has 0 aliphatic carbocycles. The van der Waals surface area contributed by atoms with Crippen molar-refractivity contribution in [2.45, 2.75) is 12.7 Å². The summed E-state index contributed by atoms with van der Waals surface area (Å²) in [7, 11) is 0. The van der Waals surface area contributed by atoms with Gasteiger partial charge in [-0.2, -0.15) is 18.3 Å². The van der Waals surface area contributed by atoms with Crippen LogP contribution in [0.4, 0.5) is 24.8 Å². The summed E-state index contributed by atoms with van der Waals surface area (Å²) in [4.78, 5) is 19.9. The van der Waals surface area contributed by atoms with Gasteiger partial charge >= 0.3 is 6.18 Å². The van der Waals surface area contributed by atoms with Crippen LogP contribution in [0.2, 0.25) is 0 Å². The molecule has 11 heteroatoms. The molecule has 0 radical (unpaired) electrons. The molecule has 168 valence electrons. The van der Waals surface area contributed by atoms with Gasteiger partial charge in [-0.3, -0.25) is 4.79 Å². The zero-order valence-electron chi connectivity index (χ0n) is 16.8. The minimum atomic E-state index is -4.84. The van der Waals surface area contributed by atoms with E-state index in [2.05, 4.69) is 41.6 Å². The topological polar surface area (TPSA) is 84.7 Å². The van der Waals surface area contributed by atoms with Crippen LogP contribution in [-0.4, -0.2) is 25.7 Å². The van der Waals surface area contributed by atoms with Gasteiger partial charge in [0.05, 0.1) is 17.4 Å². The first-order valence-electron chi connectivity index (χ1n) is 9.63. The Kier molecular flexibility index (Phi) is 6.40. The fraction of sp³-hybridized carbons (Fsp3) is 0.0909. The molecular formula is C22H16BrF3N6O. The van der Waals surface area contributed by atoms with Crippen molar-refractivity contribution in [2.75, 3.05) is 5.32 Å². The van der Waals surface area contributed by atoms with Gasteiger partial charge in [-0.15, -0.1) is 0 Å². The Bertz CT molecular complexity index is 1260. The number of rotatable bonds is 6. The maximum atomic E-state index is 13.6. The van der Waals surface area contributed by atoms with E-state index in [-0.39, 0.29) is 12.5 Å². The van der Waals surface area contributed by atoms with Gasteiger partial charge in [-0.05, 0) is 36.4 Å². The van der Waals surface area contributed by atoms with E-state index in [9.17, 15) is 18.0 Å². The number of carbonyl (C=O) groups is 1. The van der Waals surface area contributed by atoms with E-state index in [1.165, 1.54) is 6.20 Å². The number of nitrogens with one attached hydrogen (secondary N) is 2. The number of aromatic nitrogens is 4. The Balaban J connectivity index is 1.49. The summed E-state index contributed by atoms with van der Waals surface area (Å²) < 4.78 is 43.3. The minimum Gasteiger partial charge on any atom is -0.348 e. The second-order valence-electron chi connectivity index (χ2n) is 6.90. The molecule has 4 rings (SSSR count). The molecule has 0 aliphatic heterocycles. The number of para-hydroxylation sites is 1. The number of hydrogen-bond acceptors (Lipinski definition) is 5. The van der Waals surface area contributed by atoms with Gasteiger partial charge in [0.2, 0.25) is 5.95 Å². The Morgan fingerprint density at radius 1 is 1.03 bits per heavy atom. The molecule has 2 aromatic carbocycles. The van der Waals surface area contributed by atoms with E-state index >= 15 is 0 Å². The zero-order valence-corrected chi connectivity index (χ0v) is 18.4. The Hall–Kier alpha value is -3.73. The number of halogens is 4. The first kappa shape index (κ1) is 22.5. The molecule has 1 amide bonds. The van der Waals surface area contributed by atoms with E-state index in [0.717, 1.165) is 16.4 Å². The molecule has 2 N–H and O–H groups in total. The van der Waals surface area contributed by atoms with Gasteiger partial charge < -0.3 is 10.6 Å². The molecule has 0 fully saturated rings. The highest BCUT2D eigenvalue weighted by molar-refractivity contribution is 9.10. The largest absolute Gasteiger partial charge is 0.434 e. The maximum absolute atomic E-state index is 13.6. The molecule has 0 saturated carbocycles. The van der Waals surface area contributed by atoms with Gasteiger partial charge in [0.25, 0.3) is 5.91 Å². The number of amides is 1. The second-order valence-corrected chi connectivity index (χ2v) is 7.81. The summed E-state index contributed by atoms with van der Waals surface area (Å²) in [6, 6.07) is 15.9. The molecule has 0 unspecified atom stereocenters. The van der Waals surface area contributed by atoms with Crippen LogP contribution in [0, 0.1) is 0 Å². The molecule has 0 aliphatic rings. The first-order chi connectivity index (χ1) is 15.8. The standard InChI is InChI=1S/C22H16BrF3N6O/c23-15-6-8-17(9-7-15)32-13-14(11-29-32)10-27-20(33)18-12-28-21(31-19(18)22(24,25)26)30-16-4-2-1-3-5-16/h1-9,11-13H,10H2,(H,27,33)(H,28,30,31). The van der Waals surface area contributed by atoms with Crippen LogP contribution in [0.3, 0.4) is 0 Å². The number of alkyl halides is 3. The number of nitrogens with zero attached hydrogens (tertiary/aromatic N) is 4. The lowest BCUT2D eigenvalue weighted by Crippen LogP contribution is -2.27. The quantitative estimate of drug-likeness (QED) is 0.371. The summed E-state index contributed by atoms with van der Waals surface area (Å²) in [6.07, 6.45) is -0.773. The molecule has 2 aromatic heterocycles. The lowest BCUT2D eigenvalue weighted by atomic mass is 10.2. The summed E-state index contributed by atoms with van der Waals surface area (Å²) >= 11 is 3.36. The molecule has 2 heterocycles. The van der Waals surface area contributed by atoms with Crippen molar-refractivity contribution in [3.63, 3.8) is 0 Å². The fourth-order valence-electron chi connectivity index (χ4n) is 2.94. The summed E-state index contributed by atoms with van der Waals surface area (Å²) in [5, 5.41) is 9.38. The smallest absolute Gasteiger partial charge is 0.348 e. The van der Waals surface area contributed by atoms with Gasteiger partial charge in [0.15, 0.2) is 5.69 Å². The predicted octanol–water partition coefficient (Wildman–Crippen LogP) is 5.12. The Morgan fingerprint density at radius 2 is 1.76 bits per heavy atom. The molecule has 4 aromatic rings. The number of carbonyl (C=O) groups excluding carboxylic acids is 1. The second kappa shape index (κ2) is 9.41. The van der Waals surface area contributed by atoms with Crippen molar-refractivity contribution in [3.8, 4) is 5.69 Å². The average Bonchev–Trinajstić information content (AvgIpc) is 3.27. The monoisotopic (exact) mass is 516 g/mol. The third kappa shape index (κ3) is 5.55. The molecular weight excluding hydrogens is 501 g/mol. The molecule has 0 saturated heterocycles. The first-order valence-corrected chi connectivity index (χ1v) is 10.4. The number of benzene rings is 2. The van der Waals surface area contributed by atoms with Crippen LogP contribution in [0.15, 0.2) is 77.7 Å². The molecule has 0 atom stereocenters. The summed E-state index contributed by atoms with van der Waals surface area (Å²) in [5.41, 5.74) is -0.0563. The molecule has 33 heavy (non-hydrogen) atoms. The van der Waals surface area contributed by atoms with Crippen LogP contribution in [0.1, 0.15) is 21.6 Å². The van der Waals surface area contributed by atoms with E-state index in [0.29, 0.717) is 11.3 Å². The lowest BCUT2D eigenvalue weighted by Gasteiger charge is -2.13. The lowest BCUT2D eigenvalue weighted by molar-refractivity contribution is -0.141. The third-order valence-electron chi connectivity index (χ3n) is 4.51. The van der Waals surface area contributed by atoms with Crippen LogP contribution in [-0.2, 0) is 12.7 Å². The van der Waals surface area contributed by atoms with E-state index in [4.69, 9.17) is 0 Å². The average molecular weight is 517 g/mol. The zero-order chi connectivity index (χ0) is 23.4. The van der Waals surface area contributed by atoms with Gasteiger partial charge in [-0.1, -0.05) is 34.1 Å². The Labute approximate surface area is 194 Å². The van der Waals surface area contributed by atoms with E-state index in [1.54, 1.807) is 41.2 Å². The normalized spacial score (nSPS) is 11.3. The Morgan fingerprint density at radius 3 is 2.45 bits per heavy atom. The van der Waals surface area contributed by atoms with Crippen molar-refractivity contribution >= 4 is 33.5 Å². The highest BCUT2D eigenvalue weighted by atomic mass is 79.9. The maximum Gasteiger partial charge on any atom is 0.434 e. The number of hydrogen-bond donors (Lipinski definition) is 2. The SMILES string of the molecule is O=C(NCc1cnn(-c2ccc(Br)cc2)c1)c1cnc(Nc2ccccc2)nc1C(F)(F)F. The van der Waals surface area contributed by atoms with E-state index < -0.39 is 23.3 Å². The third-order valence-corrected chi connectivity index (χ3v) is 5.04. The van der Waals surface area contributed by atoms with Crippen LogP contribution in [0.25, 0.3) is 5.69 Å². The number of anilines is 2. The van der Waals surface area contributed by atoms with Crippen molar-refractivity contribution in [1.29, 1.82) is 0 Å². The highest BCUT2D eigenvalue weighted by Gasteiger charge is 2.38. The van der Waals surface area contributed by atoms with Crippen LogP contribution < -0.4 is 10.6 Å². The van der Waals surface area contributed by atoms with Crippen molar-refractivity contribution in [3.05, 3.63) is 94.5 Å². The highest BCUT2D eigenvalue weighted by Crippen LogP contribution is 2.31. The van der Waals surface area contributed by atoms with Gasteiger partial charge in [-0.25, -0.2) is 14.6 Å². The van der Waals surface area contributed by atoms with E-state index in [1.807, 2.05) is 24.3 Å². The van der Waals surface area contributed by atoms with Crippen LogP contribution in [0.5, 0.6) is 0 Å². The predicted molar refractivity (Wildman–Crippen MR) is 119 cm³/mol. The van der Waals surface area contributed by atoms with Crippen molar-refractivity contribution in [2.24, 2.45) is 0 Å². The molecule has 0 bridgehead atoms. The molecule has 7 nitrogen and oxygen atoms in total. The minimum absolute atomic E-state index is 0.0172. The fourth-order valence-corrected chi connectivity index (χ4v) is 3.20.